The molecule has 0 amide bonds. The molecule has 0 saturated carbocycles. The Hall–Kier alpha value is -2.36. The number of hydrogen-bond acceptors (Lipinski definition) is 3. The van der Waals surface area contributed by atoms with Gasteiger partial charge in [-0.3, -0.25) is 9.38 Å². The zero-order chi connectivity index (χ0) is 18.2. The van der Waals surface area contributed by atoms with Crippen molar-refractivity contribution in [2.45, 2.75) is 53.5 Å². The van der Waals surface area contributed by atoms with Crippen LogP contribution in [0.2, 0.25) is 0 Å². The molecule has 0 bridgehead atoms. The fourth-order valence-electron chi connectivity index (χ4n) is 3.64. The monoisotopic (exact) mass is 336 g/mol. The fourth-order valence-corrected chi connectivity index (χ4v) is 3.64. The van der Waals surface area contributed by atoms with E-state index < -0.39 is 0 Å². The van der Waals surface area contributed by atoms with Gasteiger partial charge in [0.05, 0.1) is 5.69 Å². The molecule has 0 radical (unpaired) electrons. The number of rotatable bonds is 4. The Morgan fingerprint density at radius 3 is 2.44 bits per heavy atom. The average molecular weight is 336 g/mol. The van der Waals surface area contributed by atoms with Gasteiger partial charge >= 0.3 is 0 Å². The van der Waals surface area contributed by atoms with Gasteiger partial charge in [0.2, 0.25) is 0 Å². The summed E-state index contributed by atoms with van der Waals surface area (Å²) in [6.45, 7) is 13.4. The highest BCUT2D eigenvalue weighted by Crippen LogP contribution is 2.34. The van der Waals surface area contributed by atoms with E-state index in [1.54, 1.807) is 0 Å². The van der Waals surface area contributed by atoms with Crippen molar-refractivity contribution in [1.29, 1.82) is 0 Å². The van der Waals surface area contributed by atoms with Gasteiger partial charge in [-0.15, -0.1) is 0 Å². The molecule has 0 aliphatic heterocycles. The van der Waals surface area contributed by atoms with Crippen LogP contribution >= 0.6 is 0 Å². The van der Waals surface area contributed by atoms with Crippen molar-refractivity contribution in [3.05, 3.63) is 48.3 Å². The number of pyridine rings is 2. The van der Waals surface area contributed by atoms with Crippen molar-refractivity contribution in [2.24, 2.45) is 5.41 Å². The third-order valence-electron chi connectivity index (χ3n) is 4.10. The van der Waals surface area contributed by atoms with Crippen LogP contribution in [0.15, 0.2) is 42.7 Å². The third kappa shape index (κ3) is 4.01. The van der Waals surface area contributed by atoms with E-state index in [-0.39, 0.29) is 11.0 Å². The highest BCUT2D eigenvalue weighted by Gasteiger charge is 2.28. The zero-order valence-corrected chi connectivity index (χ0v) is 16.1. The van der Waals surface area contributed by atoms with Crippen LogP contribution in [0.5, 0.6) is 0 Å². The highest BCUT2D eigenvalue weighted by atomic mass is 15.2. The van der Waals surface area contributed by atoms with E-state index >= 15 is 0 Å². The maximum absolute atomic E-state index is 4.84. The van der Waals surface area contributed by atoms with E-state index in [2.05, 4.69) is 74.6 Å². The standard InChI is InChI=1S/C21H28N4/c1-15-10-11-17-23-18(16-9-7-8-12-22-16)19(25(17)13-15)24-21(5,6)14-20(2,3)4/h7-13,24H,14H2,1-6H3. The molecule has 4 nitrogen and oxygen atoms in total. The smallest absolute Gasteiger partial charge is 0.140 e. The van der Waals surface area contributed by atoms with Crippen LogP contribution < -0.4 is 5.32 Å². The molecule has 1 N–H and O–H groups in total. The summed E-state index contributed by atoms with van der Waals surface area (Å²) in [4.78, 5) is 9.36. The van der Waals surface area contributed by atoms with E-state index in [1.165, 1.54) is 5.56 Å². The summed E-state index contributed by atoms with van der Waals surface area (Å²) >= 11 is 0. The summed E-state index contributed by atoms with van der Waals surface area (Å²) < 4.78 is 2.14. The maximum atomic E-state index is 4.84. The van der Waals surface area contributed by atoms with Crippen molar-refractivity contribution in [3.63, 3.8) is 0 Å². The predicted molar refractivity (Wildman–Crippen MR) is 105 cm³/mol. The Kier molecular flexibility index (Phi) is 4.31. The summed E-state index contributed by atoms with van der Waals surface area (Å²) in [5.41, 5.74) is 4.08. The van der Waals surface area contributed by atoms with Gasteiger partial charge in [0.1, 0.15) is 17.2 Å². The Labute approximate surface area is 150 Å². The van der Waals surface area contributed by atoms with E-state index in [1.807, 2.05) is 24.4 Å². The molecule has 3 aromatic rings. The lowest BCUT2D eigenvalue weighted by Gasteiger charge is -2.34. The molecule has 3 aromatic heterocycles. The normalized spacial score (nSPS) is 12.6. The number of nitrogens with one attached hydrogen (secondary N) is 1. The number of aryl methyl sites for hydroxylation is 1. The lowest BCUT2D eigenvalue weighted by molar-refractivity contribution is 0.302. The minimum Gasteiger partial charge on any atom is -0.364 e. The summed E-state index contributed by atoms with van der Waals surface area (Å²) in [6, 6.07) is 10.1. The van der Waals surface area contributed by atoms with Crippen LogP contribution in [0.3, 0.4) is 0 Å². The number of nitrogens with zero attached hydrogens (tertiary/aromatic N) is 3. The second-order valence-corrected chi connectivity index (χ2v) is 8.70. The Morgan fingerprint density at radius 1 is 1.04 bits per heavy atom. The first-order valence-electron chi connectivity index (χ1n) is 8.83. The van der Waals surface area contributed by atoms with Gasteiger partial charge in [-0.1, -0.05) is 32.9 Å². The van der Waals surface area contributed by atoms with Gasteiger partial charge in [0.15, 0.2) is 0 Å². The van der Waals surface area contributed by atoms with Gasteiger partial charge in [0, 0.05) is 17.9 Å². The molecule has 0 fully saturated rings. The molecule has 0 aromatic carbocycles. The van der Waals surface area contributed by atoms with Gasteiger partial charge < -0.3 is 5.32 Å². The topological polar surface area (TPSA) is 42.2 Å². The molecule has 0 saturated heterocycles. The first kappa shape index (κ1) is 17.5. The van der Waals surface area contributed by atoms with E-state index in [9.17, 15) is 0 Å². The SMILES string of the molecule is Cc1ccc2nc(-c3ccccn3)c(NC(C)(C)CC(C)(C)C)n2c1. The fraction of sp³-hybridized carbons (Fsp3) is 0.429. The lowest BCUT2D eigenvalue weighted by Crippen LogP contribution is -2.36. The summed E-state index contributed by atoms with van der Waals surface area (Å²) in [5.74, 6) is 1.01. The minimum absolute atomic E-state index is 0.0680. The van der Waals surface area contributed by atoms with E-state index in [0.29, 0.717) is 0 Å². The number of hydrogen-bond donors (Lipinski definition) is 1. The van der Waals surface area contributed by atoms with Crippen molar-refractivity contribution < 1.29 is 0 Å². The van der Waals surface area contributed by atoms with Crippen LogP contribution in [0.4, 0.5) is 5.82 Å². The molecule has 25 heavy (non-hydrogen) atoms. The average Bonchev–Trinajstić information content (AvgIpc) is 2.83. The lowest BCUT2D eigenvalue weighted by atomic mass is 9.82. The molecule has 3 rings (SSSR count). The van der Waals surface area contributed by atoms with Crippen molar-refractivity contribution in [1.82, 2.24) is 14.4 Å². The van der Waals surface area contributed by atoms with Gasteiger partial charge in [-0.2, -0.15) is 0 Å². The molecule has 132 valence electrons. The Bertz CT molecular complexity index is 870. The van der Waals surface area contributed by atoms with Crippen LogP contribution in [-0.4, -0.2) is 19.9 Å². The number of anilines is 1. The van der Waals surface area contributed by atoms with Gasteiger partial charge in [-0.25, -0.2) is 4.98 Å². The molecule has 0 spiro atoms. The summed E-state index contributed by atoms with van der Waals surface area (Å²) in [5, 5.41) is 3.75. The van der Waals surface area contributed by atoms with Crippen molar-refractivity contribution in [2.75, 3.05) is 5.32 Å². The molecule has 0 unspecified atom stereocenters. The number of imidazole rings is 1. The summed E-state index contributed by atoms with van der Waals surface area (Å²) in [7, 11) is 0. The molecule has 0 aliphatic rings. The second-order valence-electron chi connectivity index (χ2n) is 8.70. The van der Waals surface area contributed by atoms with Crippen molar-refractivity contribution in [3.8, 4) is 11.4 Å². The van der Waals surface area contributed by atoms with E-state index in [4.69, 9.17) is 4.98 Å². The van der Waals surface area contributed by atoms with Crippen LogP contribution in [-0.2, 0) is 0 Å². The van der Waals surface area contributed by atoms with Gasteiger partial charge in [-0.05, 0) is 56.4 Å². The molecular weight excluding hydrogens is 308 g/mol. The highest BCUT2D eigenvalue weighted by molar-refractivity contribution is 5.74. The van der Waals surface area contributed by atoms with Gasteiger partial charge in [0.25, 0.3) is 0 Å². The Balaban J connectivity index is 2.13. The van der Waals surface area contributed by atoms with Crippen LogP contribution in [0, 0.1) is 12.3 Å². The number of aromatic nitrogens is 3. The first-order valence-corrected chi connectivity index (χ1v) is 8.83. The van der Waals surface area contributed by atoms with E-state index in [0.717, 1.165) is 29.3 Å². The zero-order valence-electron chi connectivity index (χ0n) is 16.1. The second kappa shape index (κ2) is 6.17. The molecular formula is C21H28N4. The largest absolute Gasteiger partial charge is 0.364 e. The maximum Gasteiger partial charge on any atom is 0.140 e. The quantitative estimate of drug-likeness (QED) is 0.700. The predicted octanol–water partition coefficient (Wildman–Crippen LogP) is 5.33. The van der Waals surface area contributed by atoms with Crippen molar-refractivity contribution >= 4 is 11.5 Å². The molecule has 0 aliphatic carbocycles. The first-order chi connectivity index (χ1) is 11.6. The number of fused-ring (bicyclic) bond motifs is 1. The molecule has 3 heterocycles. The minimum atomic E-state index is -0.0680. The molecule has 4 heteroatoms. The summed E-state index contributed by atoms with van der Waals surface area (Å²) in [6.07, 6.45) is 4.99. The Morgan fingerprint density at radius 2 is 1.80 bits per heavy atom. The molecule has 0 atom stereocenters. The van der Waals surface area contributed by atoms with Crippen LogP contribution in [0.1, 0.15) is 46.6 Å². The van der Waals surface area contributed by atoms with Crippen LogP contribution in [0.25, 0.3) is 17.0 Å². The third-order valence-corrected chi connectivity index (χ3v) is 4.10.